The maximum Gasteiger partial charge on any atom is 0.233 e. The molecule has 1 aliphatic heterocycles. The van der Waals surface area contributed by atoms with E-state index in [-0.39, 0.29) is 17.4 Å². The molecule has 27 heavy (non-hydrogen) atoms. The van der Waals surface area contributed by atoms with E-state index in [9.17, 15) is 4.79 Å². The molecule has 0 radical (unpaired) electrons. The van der Waals surface area contributed by atoms with Crippen LogP contribution in [0, 0.1) is 0 Å². The summed E-state index contributed by atoms with van der Waals surface area (Å²) in [6.07, 6.45) is 10.6. The fraction of sp³-hybridized carbons (Fsp3) is 0.476. The smallest absolute Gasteiger partial charge is 0.233 e. The minimum absolute atomic E-state index is 0.0841. The third-order valence-corrected chi connectivity index (χ3v) is 6.07. The zero-order chi connectivity index (χ0) is 18.7. The van der Waals surface area contributed by atoms with Gasteiger partial charge in [0.25, 0.3) is 0 Å². The molecule has 2 aliphatic rings. The van der Waals surface area contributed by atoms with Gasteiger partial charge in [-0.2, -0.15) is 0 Å². The Balaban J connectivity index is 1.43. The Hall–Kier alpha value is -2.14. The molecule has 1 aromatic carbocycles. The minimum Gasteiger partial charge on any atom is -0.473 e. The van der Waals surface area contributed by atoms with Crippen LogP contribution in [0.15, 0.2) is 42.9 Å². The largest absolute Gasteiger partial charge is 0.473 e. The summed E-state index contributed by atoms with van der Waals surface area (Å²) in [7, 11) is 0. The molecular formula is C21H24ClN3O2. The van der Waals surface area contributed by atoms with Crippen molar-refractivity contribution in [3.8, 4) is 5.88 Å². The van der Waals surface area contributed by atoms with Crippen molar-refractivity contribution >= 4 is 17.5 Å². The predicted octanol–water partition coefficient (Wildman–Crippen LogP) is 4.01. The standard InChI is InChI=1S/C21H24ClN3O2/c22-17-5-3-16(4-6-17)21(9-1-2-10-21)20(26)25-13-7-18(8-14-25)27-19-15-23-11-12-24-19/h3-6,11-12,15,18H,1-2,7-10,13-14H2. The van der Waals surface area contributed by atoms with Gasteiger partial charge < -0.3 is 9.64 Å². The summed E-state index contributed by atoms with van der Waals surface area (Å²) in [6, 6.07) is 7.83. The van der Waals surface area contributed by atoms with Crippen LogP contribution in [-0.2, 0) is 10.2 Å². The van der Waals surface area contributed by atoms with Gasteiger partial charge in [-0.3, -0.25) is 9.78 Å². The van der Waals surface area contributed by atoms with Crippen LogP contribution >= 0.6 is 11.6 Å². The lowest BCUT2D eigenvalue weighted by Gasteiger charge is -2.38. The van der Waals surface area contributed by atoms with Gasteiger partial charge in [0.05, 0.1) is 11.6 Å². The van der Waals surface area contributed by atoms with Crippen molar-refractivity contribution in [2.45, 2.75) is 50.0 Å². The van der Waals surface area contributed by atoms with Crippen molar-refractivity contribution in [1.29, 1.82) is 0 Å². The van der Waals surface area contributed by atoms with Crippen LogP contribution in [0.4, 0.5) is 0 Å². The highest BCUT2D eigenvalue weighted by Gasteiger charge is 2.45. The molecule has 142 valence electrons. The molecule has 2 fully saturated rings. The van der Waals surface area contributed by atoms with Gasteiger partial charge in [-0.25, -0.2) is 4.98 Å². The molecule has 0 spiro atoms. The topological polar surface area (TPSA) is 55.3 Å². The molecule has 5 nitrogen and oxygen atoms in total. The first kappa shape index (κ1) is 18.2. The number of likely N-dealkylation sites (tertiary alicyclic amines) is 1. The number of rotatable bonds is 4. The SMILES string of the molecule is O=C(N1CCC(Oc2cnccn2)CC1)C1(c2ccc(Cl)cc2)CCCC1. The Morgan fingerprint density at radius 3 is 2.44 bits per heavy atom. The first-order valence-electron chi connectivity index (χ1n) is 9.65. The maximum atomic E-state index is 13.5. The number of ether oxygens (including phenoxy) is 1. The number of carbonyl (C=O) groups is 1. The zero-order valence-corrected chi connectivity index (χ0v) is 16.1. The quantitative estimate of drug-likeness (QED) is 0.797. The molecule has 0 bridgehead atoms. The molecule has 1 saturated carbocycles. The second-order valence-electron chi connectivity index (χ2n) is 7.45. The van der Waals surface area contributed by atoms with Crippen LogP contribution in [-0.4, -0.2) is 40.0 Å². The van der Waals surface area contributed by atoms with Crippen LogP contribution in [0.1, 0.15) is 44.1 Å². The van der Waals surface area contributed by atoms with E-state index >= 15 is 0 Å². The van der Waals surface area contributed by atoms with Crippen molar-refractivity contribution in [1.82, 2.24) is 14.9 Å². The maximum absolute atomic E-state index is 13.5. The average Bonchev–Trinajstić information content (AvgIpc) is 3.20. The molecule has 4 rings (SSSR count). The lowest BCUT2D eigenvalue weighted by Crippen LogP contribution is -2.50. The second-order valence-corrected chi connectivity index (χ2v) is 7.89. The van der Waals surface area contributed by atoms with E-state index in [1.165, 1.54) is 0 Å². The summed E-state index contributed by atoms with van der Waals surface area (Å²) in [5.74, 6) is 0.816. The number of hydrogen-bond acceptors (Lipinski definition) is 4. The molecule has 2 aromatic rings. The molecule has 2 heterocycles. The number of carbonyl (C=O) groups excluding carboxylic acids is 1. The number of halogens is 1. The third kappa shape index (κ3) is 3.79. The van der Waals surface area contributed by atoms with Crippen molar-refractivity contribution < 1.29 is 9.53 Å². The number of amides is 1. The average molecular weight is 386 g/mol. The van der Waals surface area contributed by atoms with E-state index < -0.39 is 0 Å². The van der Waals surface area contributed by atoms with E-state index in [1.54, 1.807) is 18.6 Å². The normalized spacial score (nSPS) is 19.8. The fourth-order valence-corrected chi connectivity index (χ4v) is 4.50. The summed E-state index contributed by atoms with van der Waals surface area (Å²) < 4.78 is 5.91. The molecule has 0 N–H and O–H groups in total. The summed E-state index contributed by atoms with van der Waals surface area (Å²) in [5, 5.41) is 0.710. The monoisotopic (exact) mass is 385 g/mol. The Morgan fingerprint density at radius 2 is 1.81 bits per heavy atom. The Labute approximate surface area is 164 Å². The molecule has 1 amide bonds. The highest BCUT2D eigenvalue weighted by atomic mass is 35.5. The van der Waals surface area contributed by atoms with Crippen molar-refractivity contribution in [3.05, 3.63) is 53.4 Å². The van der Waals surface area contributed by atoms with Gasteiger partial charge in [0.2, 0.25) is 11.8 Å². The predicted molar refractivity (Wildman–Crippen MR) is 104 cm³/mol. The summed E-state index contributed by atoms with van der Waals surface area (Å²) in [4.78, 5) is 23.7. The molecule has 0 unspecified atom stereocenters. The van der Waals surface area contributed by atoms with Crippen molar-refractivity contribution in [2.24, 2.45) is 0 Å². The summed E-state index contributed by atoms with van der Waals surface area (Å²) in [5.41, 5.74) is 0.718. The van der Waals surface area contributed by atoms with Gasteiger partial charge in [-0.1, -0.05) is 36.6 Å². The van der Waals surface area contributed by atoms with E-state index in [4.69, 9.17) is 16.3 Å². The molecule has 6 heteroatoms. The van der Waals surface area contributed by atoms with E-state index in [1.807, 2.05) is 29.2 Å². The van der Waals surface area contributed by atoms with Gasteiger partial charge in [0.15, 0.2) is 0 Å². The molecule has 1 saturated heterocycles. The number of hydrogen-bond donors (Lipinski definition) is 0. The van der Waals surface area contributed by atoms with Crippen LogP contribution < -0.4 is 4.74 Å². The van der Waals surface area contributed by atoms with Gasteiger partial charge in [0.1, 0.15) is 6.10 Å². The summed E-state index contributed by atoms with van der Waals surface area (Å²) >= 11 is 6.06. The highest BCUT2D eigenvalue weighted by molar-refractivity contribution is 6.30. The van der Waals surface area contributed by atoms with Crippen LogP contribution in [0.25, 0.3) is 0 Å². The zero-order valence-electron chi connectivity index (χ0n) is 15.3. The third-order valence-electron chi connectivity index (χ3n) is 5.82. The lowest BCUT2D eigenvalue weighted by atomic mass is 9.77. The number of nitrogens with zero attached hydrogens (tertiary/aromatic N) is 3. The Kier molecular flexibility index (Phi) is 5.30. The van der Waals surface area contributed by atoms with Gasteiger partial charge >= 0.3 is 0 Å². The number of aromatic nitrogens is 2. The first-order chi connectivity index (χ1) is 13.2. The van der Waals surface area contributed by atoms with Gasteiger partial charge in [-0.05, 0) is 30.5 Å². The lowest BCUT2D eigenvalue weighted by molar-refractivity contribution is -0.139. The molecule has 1 aliphatic carbocycles. The first-order valence-corrected chi connectivity index (χ1v) is 10.0. The van der Waals surface area contributed by atoms with Crippen LogP contribution in [0.3, 0.4) is 0 Å². The number of benzene rings is 1. The van der Waals surface area contributed by atoms with Crippen LogP contribution in [0.2, 0.25) is 5.02 Å². The molecule has 1 aromatic heterocycles. The molecule has 0 atom stereocenters. The van der Waals surface area contributed by atoms with E-state index in [2.05, 4.69) is 9.97 Å². The van der Waals surface area contributed by atoms with Gasteiger partial charge in [0, 0.05) is 43.3 Å². The van der Waals surface area contributed by atoms with Crippen molar-refractivity contribution in [2.75, 3.05) is 13.1 Å². The van der Waals surface area contributed by atoms with E-state index in [0.717, 1.165) is 57.2 Å². The Morgan fingerprint density at radius 1 is 1.11 bits per heavy atom. The molecular weight excluding hydrogens is 362 g/mol. The summed E-state index contributed by atoms with van der Waals surface area (Å²) in [6.45, 7) is 1.44. The van der Waals surface area contributed by atoms with E-state index in [0.29, 0.717) is 10.9 Å². The van der Waals surface area contributed by atoms with Gasteiger partial charge in [-0.15, -0.1) is 0 Å². The Bertz CT molecular complexity index is 768. The highest BCUT2D eigenvalue weighted by Crippen LogP contribution is 2.43. The number of piperidine rings is 1. The van der Waals surface area contributed by atoms with Crippen molar-refractivity contribution in [3.63, 3.8) is 0 Å². The minimum atomic E-state index is -0.386. The van der Waals surface area contributed by atoms with Crippen LogP contribution in [0.5, 0.6) is 5.88 Å². The second kappa shape index (κ2) is 7.85. The fourth-order valence-electron chi connectivity index (χ4n) is 4.37.